The first-order valence-corrected chi connectivity index (χ1v) is 13.6. The van der Waals surface area contributed by atoms with E-state index in [1.807, 2.05) is 32.9 Å². The zero-order valence-corrected chi connectivity index (χ0v) is 23.2. The van der Waals surface area contributed by atoms with E-state index >= 15 is 0 Å². The monoisotopic (exact) mass is 552 g/mol. The number of benzene rings is 1. The summed E-state index contributed by atoms with van der Waals surface area (Å²) in [5, 5.41) is 15.9. The number of halogens is 2. The van der Waals surface area contributed by atoms with E-state index in [1.165, 1.54) is 9.91 Å². The molecule has 1 aliphatic carbocycles. The molecule has 2 saturated heterocycles. The van der Waals surface area contributed by atoms with Crippen molar-refractivity contribution in [1.29, 1.82) is 0 Å². The lowest BCUT2D eigenvalue weighted by Gasteiger charge is -2.39. The molecule has 1 aromatic rings. The number of likely N-dealkylation sites (tertiary alicyclic amines) is 1. The van der Waals surface area contributed by atoms with Crippen molar-refractivity contribution >= 4 is 40.7 Å². The summed E-state index contributed by atoms with van der Waals surface area (Å²) in [5.74, 6) is 6.11. The summed E-state index contributed by atoms with van der Waals surface area (Å²) in [6.45, 7) is 7.22. The van der Waals surface area contributed by atoms with E-state index in [0.29, 0.717) is 28.2 Å². The number of hydrazine groups is 1. The molecule has 0 bridgehead atoms. The minimum absolute atomic E-state index is 0.0826. The standard InChI is InChI=1S/C26H38Cl2N6O3/c1-26(2,3)23(34(30)14-21(29)15-4-5-15)25(37)33-13-18(35)11-22(33)24(36)31-16-8-9-32(12-16)17-6-7-19(27)20(28)10-17/h6-7,10,14-16,18,22-23,35H,4-5,8-9,11-13,29-30H2,1-3H3,(H,31,36)/b21-14-. The van der Waals surface area contributed by atoms with E-state index in [4.69, 9.17) is 34.8 Å². The van der Waals surface area contributed by atoms with Gasteiger partial charge in [0.2, 0.25) is 11.8 Å². The van der Waals surface area contributed by atoms with E-state index in [2.05, 4.69) is 10.2 Å². The number of nitrogens with one attached hydrogen (secondary N) is 1. The molecule has 204 valence electrons. The molecule has 0 spiro atoms. The van der Waals surface area contributed by atoms with Gasteiger partial charge in [-0.25, -0.2) is 5.84 Å². The van der Waals surface area contributed by atoms with Crippen LogP contribution in [0.25, 0.3) is 0 Å². The molecule has 0 aromatic heterocycles. The van der Waals surface area contributed by atoms with Crippen LogP contribution < -0.4 is 21.8 Å². The van der Waals surface area contributed by atoms with Crippen molar-refractivity contribution in [2.24, 2.45) is 22.9 Å². The summed E-state index contributed by atoms with van der Waals surface area (Å²) in [6, 6.07) is 3.86. The van der Waals surface area contributed by atoms with E-state index in [1.54, 1.807) is 12.3 Å². The van der Waals surface area contributed by atoms with Crippen LogP contribution in [0, 0.1) is 11.3 Å². The number of aliphatic hydroxyl groups is 1. The highest BCUT2D eigenvalue weighted by molar-refractivity contribution is 6.42. The van der Waals surface area contributed by atoms with Crippen molar-refractivity contribution in [3.8, 4) is 0 Å². The van der Waals surface area contributed by atoms with Crippen LogP contribution in [0.3, 0.4) is 0 Å². The van der Waals surface area contributed by atoms with Crippen LogP contribution in [0.4, 0.5) is 5.69 Å². The minimum atomic E-state index is -0.782. The summed E-state index contributed by atoms with van der Waals surface area (Å²) in [5.41, 5.74) is 7.23. The van der Waals surface area contributed by atoms with Crippen LogP contribution >= 0.6 is 23.2 Å². The summed E-state index contributed by atoms with van der Waals surface area (Å²) < 4.78 is 0. The summed E-state index contributed by atoms with van der Waals surface area (Å²) in [6.07, 6.45) is 3.84. The fourth-order valence-corrected chi connectivity index (χ4v) is 5.56. The van der Waals surface area contributed by atoms with Gasteiger partial charge in [0.05, 0.1) is 16.1 Å². The molecule has 37 heavy (non-hydrogen) atoms. The van der Waals surface area contributed by atoms with Crippen LogP contribution in [0.2, 0.25) is 10.0 Å². The van der Waals surface area contributed by atoms with Gasteiger partial charge in [0.15, 0.2) is 0 Å². The van der Waals surface area contributed by atoms with Gasteiger partial charge in [0, 0.05) is 55.6 Å². The van der Waals surface area contributed by atoms with Crippen molar-refractivity contribution in [3.05, 3.63) is 40.1 Å². The lowest BCUT2D eigenvalue weighted by molar-refractivity contribution is -0.145. The number of nitrogens with zero attached hydrogens (tertiary/aromatic N) is 3. The molecule has 4 atom stereocenters. The Bertz CT molecular complexity index is 1060. The van der Waals surface area contributed by atoms with Crippen molar-refractivity contribution in [2.75, 3.05) is 24.5 Å². The smallest absolute Gasteiger partial charge is 0.248 e. The Hall–Kier alpha value is -2.20. The maximum absolute atomic E-state index is 13.8. The van der Waals surface area contributed by atoms with Gasteiger partial charge in [-0.15, -0.1) is 0 Å². The second-order valence-electron chi connectivity index (χ2n) is 11.6. The lowest BCUT2D eigenvalue weighted by Crippen LogP contribution is -2.59. The second-order valence-corrected chi connectivity index (χ2v) is 12.4. The molecule has 2 heterocycles. The normalized spacial score (nSPS) is 25.4. The molecular formula is C26H38Cl2N6O3. The molecule has 0 radical (unpaired) electrons. The molecule has 3 aliphatic rings. The number of nitrogens with two attached hydrogens (primary N) is 2. The zero-order valence-electron chi connectivity index (χ0n) is 21.7. The number of hydrogen-bond donors (Lipinski definition) is 4. The number of amides is 2. The lowest BCUT2D eigenvalue weighted by atomic mass is 9.85. The van der Waals surface area contributed by atoms with Crippen LogP contribution in [-0.2, 0) is 9.59 Å². The van der Waals surface area contributed by atoms with Gasteiger partial charge in [0.25, 0.3) is 0 Å². The van der Waals surface area contributed by atoms with Gasteiger partial charge in [-0.1, -0.05) is 44.0 Å². The fourth-order valence-electron chi connectivity index (χ4n) is 5.27. The highest BCUT2D eigenvalue weighted by Crippen LogP contribution is 2.35. The highest BCUT2D eigenvalue weighted by Gasteiger charge is 2.46. The first kappa shape index (κ1) is 27.8. The third kappa shape index (κ3) is 6.45. The number of allylic oxidation sites excluding steroid dienone is 1. The Kier molecular flexibility index (Phi) is 8.19. The summed E-state index contributed by atoms with van der Waals surface area (Å²) in [4.78, 5) is 30.8. The van der Waals surface area contributed by atoms with Crippen LogP contribution in [0.5, 0.6) is 0 Å². The number of hydrogen-bond acceptors (Lipinski definition) is 7. The second kappa shape index (κ2) is 10.9. The maximum atomic E-state index is 13.8. The maximum Gasteiger partial charge on any atom is 0.248 e. The predicted octanol–water partition coefficient (Wildman–Crippen LogP) is 2.45. The van der Waals surface area contributed by atoms with E-state index in [-0.39, 0.29) is 30.8 Å². The topological polar surface area (TPSA) is 128 Å². The van der Waals surface area contributed by atoms with Crippen LogP contribution in [0.15, 0.2) is 30.1 Å². The van der Waals surface area contributed by atoms with Gasteiger partial charge >= 0.3 is 0 Å². The molecule has 3 fully saturated rings. The number of anilines is 1. The van der Waals surface area contributed by atoms with E-state index in [0.717, 1.165) is 31.5 Å². The molecule has 6 N–H and O–H groups in total. The third-order valence-electron chi connectivity index (χ3n) is 7.37. The minimum Gasteiger partial charge on any atom is -0.401 e. The van der Waals surface area contributed by atoms with Gasteiger partial charge < -0.3 is 31.0 Å². The molecule has 1 saturated carbocycles. The average molecular weight is 554 g/mol. The summed E-state index contributed by atoms with van der Waals surface area (Å²) >= 11 is 12.2. The van der Waals surface area contributed by atoms with Gasteiger partial charge in [-0.05, 0) is 42.9 Å². The predicted molar refractivity (Wildman–Crippen MR) is 146 cm³/mol. The Morgan fingerprint density at radius 2 is 1.89 bits per heavy atom. The molecular weight excluding hydrogens is 515 g/mol. The Morgan fingerprint density at radius 3 is 2.51 bits per heavy atom. The highest BCUT2D eigenvalue weighted by atomic mass is 35.5. The van der Waals surface area contributed by atoms with Gasteiger partial charge in [0.1, 0.15) is 12.1 Å². The third-order valence-corrected chi connectivity index (χ3v) is 8.11. The molecule has 4 unspecified atom stereocenters. The number of rotatable bonds is 7. The summed E-state index contributed by atoms with van der Waals surface area (Å²) in [7, 11) is 0. The van der Waals surface area contributed by atoms with Crippen LogP contribution in [-0.4, -0.2) is 70.7 Å². The SMILES string of the molecule is CC(C)(C)C(C(=O)N1CC(O)CC1C(=O)NC1CCN(c2ccc(Cl)c(Cl)c2)C1)N(N)/C=C(\N)C1CC1. The van der Waals surface area contributed by atoms with Crippen molar-refractivity contribution in [2.45, 2.75) is 70.7 Å². The van der Waals surface area contributed by atoms with E-state index < -0.39 is 23.6 Å². The fraction of sp³-hybridized carbons (Fsp3) is 0.615. The largest absolute Gasteiger partial charge is 0.401 e. The number of aliphatic hydroxyl groups excluding tert-OH is 1. The molecule has 4 rings (SSSR count). The van der Waals surface area contributed by atoms with E-state index in [9.17, 15) is 14.7 Å². The quantitative estimate of drug-likeness (QED) is 0.302. The van der Waals surface area contributed by atoms with Crippen molar-refractivity contribution < 1.29 is 14.7 Å². The van der Waals surface area contributed by atoms with Crippen molar-refractivity contribution in [3.63, 3.8) is 0 Å². The Morgan fingerprint density at radius 1 is 1.19 bits per heavy atom. The van der Waals surface area contributed by atoms with Gasteiger partial charge in [-0.2, -0.15) is 0 Å². The average Bonchev–Trinajstić information content (AvgIpc) is 3.44. The molecule has 11 heteroatoms. The van der Waals surface area contributed by atoms with Gasteiger partial charge in [-0.3, -0.25) is 9.59 Å². The van der Waals surface area contributed by atoms with Crippen molar-refractivity contribution in [1.82, 2.24) is 15.2 Å². The zero-order chi connectivity index (χ0) is 27.1. The first-order chi connectivity index (χ1) is 17.3. The number of β-amino-alcohol motifs (C(OH)–C–C–N with tert-alkyl or cyclic N) is 1. The molecule has 1 aromatic carbocycles. The Balaban J connectivity index is 1.44. The molecule has 9 nitrogen and oxygen atoms in total. The first-order valence-electron chi connectivity index (χ1n) is 12.8. The molecule has 2 aliphatic heterocycles. The van der Waals surface area contributed by atoms with Crippen LogP contribution in [0.1, 0.15) is 46.5 Å². The Labute approximate surface area is 228 Å². The number of carbonyl (C=O) groups is 2. The molecule has 2 amide bonds. The number of carbonyl (C=O) groups excluding carboxylic acids is 2.